The first kappa shape index (κ1) is 18.8. The number of benzene rings is 1. The van der Waals surface area contributed by atoms with Crippen LogP contribution in [0.4, 0.5) is 0 Å². The van der Waals surface area contributed by atoms with Crippen LogP contribution < -0.4 is 10.6 Å². The van der Waals surface area contributed by atoms with Gasteiger partial charge in [0.25, 0.3) is 0 Å². The molecule has 0 amide bonds. The molecule has 2 fully saturated rings. The minimum atomic E-state index is 0.0973. The second kappa shape index (κ2) is 7.81. The lowest BCUT2D eigenvalue weighted by Crippen LogP contribution is -2.52. The highest BCUT2D eigenvalue weighted by Crippen LogP contribution is 2.53. The first-order valence-electron chi connectivity index (χ1n) is 10.7. The lowest BCUT2D eigenvalue weighted by Gasteiger charge is -2.50. The van der Waals surface area contributed by atoms with Crippen molar-refractivity contribution in [1.29, 1.82) is 0 Å². The molecule has 2 aliphatic carbocycles. The molecule has 3 nitrogen and oxygen atoms in total. The first-order chi connectivity index (χ1) is 13.1. The van der Waals surface area contributed by atoms with E-state index in [4.69, 9.17) is 4.74 Å². The number of fused-ring (bicyclic) bond motifs is 1. The van der Waals surface area contributed by atoms with Gasteiger partial charge in [-0.15, -0.1) is 0 Å². The summed E-state index contributed by atoms with van der Waals surface area (Å²) < 4.78 is 5.27. The van der Waals surface area contributed by atoms with E-state index < -0.39 is 0 Å². The molecule has 1 aromatic rings. The summed E-state index contributed by atoms with van der Waals surface area (Å²) in [7, 11) is 0. The Kier molecular flexibility index (Phi) is 5.43. The summed E-state index contributed by atoms with van der Waals surface area (Å²) >= 11 is 0. The average Bonchev–Trinajstić information content (AvgIpc) is 3.14. The van der Waals surface area contributed by atoms with Crippen LogP contribution in [0.3, 0.4) is 0 Å². The van der Waals surface area contributed by atoms with Crippen LogP contribution in [0.15, 0.2) is 48.8 Å². The lowest BCUT2D eigenvalue weighted by molar-refractivity contribution is 0.124. The zero-order chi connectivity index (χ0) is 18.7. The van der Waals surface area contributed by atoms with Crippen LogP contribution in [0, 0.1) is 11.3 Å². The summed E-state index contributed by atoms with van der Waals surface area (Å²) in [5.74, 6) is 0.806. The van der Waals surface area contributed by atoms with E-state index in [2.05, 4.69) is 54.5 Å². The molecule has 1 spiro atoms. The van der Waals surface area contributed by atoms with Crippen LogP contribution in [0.5, 0.6) is 0 Å². The van der Waals surface area contributed by atoms with Crippen molar-refractivity contribution in [3.63, 3.8) is 0 Å². The number of ether oxygens (including phenoxy) is 1. The normalized spacial score (nSPS) is 29.2. The first-order valence-corrected chi connectivity index (χ1v) is 10.7. The standard InChI is InChI=1S/C24H34N2O/c1-3-27-18-20-9-7-19(8-10-20)11-12-21-5-4-6-22-17-24(25-15-16-26-24)14-13-23(21,22)2/h3,7-10,17,21,25-26H,1,4-6,11-16,18H2,2H3/t21-,23-/m1/s1. The molecule has 3 heteroatoms. The Labute approximate surface area is 164 Å². The molecule has 1 saturated heterocycles. The number of allylic oxidation sites excluding steroid dienone is 1. The Morgan fingerprint density at radius 1 is 1.15 bits per heavy atom. The summed E-state index contributed by atoms with van der Waals surface area (Å²) in [6.45, 7) is 8.95. The van der Waals surface area contributed by atoms with E-state index in [1.165, 1.54) is 62.3 Å². The number of nitrogens with one attached hydrogen (secondary N) is 2. The van der Waals surface area contributed by atoms with E-state index in [9.17, 15) is 0 Å². The van der Waals surface area contributed by atoms with Crippen molar-refractivity contribution in [2.24, 2.45) is 11.3 Å². The third-order valence-corrected chi connectivity index (χ3v) is 7.27. The Hall–Kier alpha value is -1.58. The molecule has 1 aromatic carbocycles. The summed E-state index contributed by atoms with van der Waals surface area (Å²) in [6.07, 6.45) is 13.1. The SMILES string of the molecule is C=COCc1ccc(CC[C@H]2CCCC3=CC4(CC[C@@]32C)NCCN4)cc1. The molecule has 2 N–H and O–H groups in total. The Morgan fingerprint density at radius 2 is 1.89 bits per heavy atom. The Bertz CT molecular complexity index is 687. The smallest absolute Gasteiger partial charge is 0.112 e. The van der Waals surface area contributed by atoms with E-state index in [0.29, 0.717) is 12.0 Å². The largest absolute Gasteiger partial charge is 0.497 e. The van der Waals surface area contributed by atoms with Gasteiger partial charge in [-0.25, -0.2) is 0 Å². The van der Waals surface area contributed by atoms with Crippen molar-refractivity contribution in [1.82, 2.24) is 10.6 Å². The minimum Gasteiger partial charge on any atom is -0.497 e. The molecule has 2 atom stereocenters. The van der Waals surface area contributed by atoms with Crippen molar-refractivity contribution < 1.29 is 4.74 Å². The number of hydrogen-bond donors (Lipinski definition) is 2. The van der Waals surface area contributed by atoms with E-state index in [0.717, 1.165) is 19.0 Å². The van der Waals surface area contributed by atoms with E-state index in [-0.39, 0.29) is 5.66 Å². The highest BCUT2D eigenvalue weighted by atomic mass is 16.5. The van der Waals surface area contributed by atoms with Gasteiger partial charge in [-0.2, -0.15) is 0 Å². The van der Waals surface area contributed by atoms with Gasteiger partial charge in [0, 0.05) is 13.1 Å². The van der Waals surface area contributed by atoms with Gasteiger partial charge in [-0.3, -0.25) is 10.6 Å². The topological polar surface area (TPSA) is 33.3 Å². The van der Waals surface area contributed by atoms with Gasteiger partial charge in [-0.05, 0) is 67.4 Å². The second-order valence-electron chi connectivity index (χ2n) is 8.83. The maximum Gasteiger partial charge on any atom is 0.112 e. The van der Waals surface area contributed by atoms with E-state index in [1.54, 1.807) is 5.57 Å². The molecule has 0 unspecified atom stereocenters. The van der Waals surface area contributed by atoms with Crippen molar-refractivity contribution in [3.8, 4) is 0 Å². The van der Waals surface area contributed by atoms with Crippen LogP contribution in [0.2, 0.25) is 0 Å². The van der Waals surface area contributed by atoms with Gasteiger partial charge in [0.15, 0.2) is 0 Å². The third-order valence-electron chi connectivity index (χ3n) is 7.27. The van der Waals surface area contributed by atoms with Crippen LogP contribution in [0.25, 0.3) is 0 Å². The van der Waals surface area contributed by atoms with Crippen LogP contribution in [-0.2, 0) is 17.8 Å². The molecular weight excluding hydrogens is 332 g/mol. The molecule has 1 heterocycles. The summed E-state index contributed by atoms with van der Waals surface area (Å²) in [5.41, 5.74) is 4.86. The molecule has 146 valence electrons. The maximum atomic E-state index is 5.27. The van der Waals surface area contributed by atoms with Gasteiger partial charge in [0.2, 0.25) is 0 Å². The molecule has 1 saturated carbocycles. The number of rotatable bonds is 6. The summed E-state index contributed by atoms with van der Waals surface area (Å²) in [6, 6.07) is 8.92. The van der Waals surface area contributed by atoms with Crippen molar-refractivity contribution in [2.75, 3.05) is 13.1 Å². The highest BCUT2D eigenvalue weighted by molar-refractivity contribution is 5.28. The molecule has 1 aliphatic heterocycles. The fourth-order valence-electron chi connectivity index (χ4n) is 5.51. The quantitative estimate of drug-likeness (QED) is 0.566. The van der Waals surface area contributed by atoms with Crippen LogP contribution in [-0.4, -0.2) is 18.8 Å². The highest BCUT2D eigenvalue weighted by Gasteiger charge is 2.46. The molecule has 0 bridgehead atoms. The van der Waals surface area contributed by atoms with Crippen LogP contribution in [0.1, 0.15) is 56.6 Å². The van der Waals surface area contributed by atoms with E-state index in [1.807, 2.05) is 0 Å². The van der Waals surface area contributed by atoms with Gasteiger partial charge in [-0.1, -0.05) is 49.4 Å². The molecule has 0 radical (unpaired) electrons. The third kappa shape index (κ3) is 3.86. The minimum absolute atomic E-state index is 0.0973. The zero-order valence-corrected chi connectivity index (χ0v) is 16.7. The predicted octanol–water partition coefficient (Wildman–Crippen LogP) is 4.70. The van der Waals surface area contributed by atoms with Gasteiger partial charge < -0.3 is 4.74 Å². The van der Waals surface area contributed by atoms with Crippen molar-refractivity contribution in [2.45, 2.75) is 64.1 Å². The monoisotopic (exact) mass is 366 g/mol. The molecular formula is C24H34N2O. The fraction of sp³-hybridized carbons (Fsp3) is 0.583. The van der Waals surface area contributed by atoms with Crippen molar-refractivity contribution in [3.05, 3.63) is 59.9 Å². The van der Waals surface area contributed by atoms with Crippen LogP contribution >= 0.6 is 0 Å². The molecule has 3 aliphatic rings. The van der Waals surface area contributed by atoms with Crippen molar-refractivity contribution >= 4 is 0 Å². The fourth-order valence-corrected chi connectivity index (χ4v) is 5.51. The zero-order valence-electron chi connectivity index (χ0n) is 16.7. The average molecular weight is 367 g/mol. The summed E-state index contributed by atoms with van der Waals surface area (Å²) in [4.78, 5) is 0. The Morgan fingerprint density at radius 3 is 2.63 bits per heavy atom. The maximum absolute atomic E-state index is 5.27. The van der Waals surface area contributed by atoms with E-state index >= 15 is 0 Å². The number of hydrogen-bond acceptors (Lipinski definition) is 3. The number of aryl methyl sites for hydroxylation is 1. The van der Waals surface area contributed by atoms with Gasteiger partial charge in [0.1, 0.15) is 6.61 Å². The Balaban J connectivity index is 1.41. The molecule has 4 rings (SSSR count). The van der Waals surface area contributed by atoms with Gasteiger partial charge >= 0.3 is 0 Å². The summed E-state index contributed by atoms with van der Waals surface area (Å²) in [5, 5.41) is 7.42. The second-order valence-corrected chi connectivity index (χ2v) is 8.83. The molecule has 27 heavy (non-hydrogen) atoms. The lowest BCUT2D eigenvalue weighted by atomic mass is 9.57. The predicted molar refractivity (Wildman–Crippen MR) is 111 cm³/mol. The van der Waals surface area contributed by atoms with Gasteiger partial charge in [0.05, 0.1) is 11.9 Å². The molecule has 0 aromatic heterocycles.